The predicted octanol–water partition coefficient (Wildman–Crippen LogP) is 0.493. The van der Waals surface area contributed by atoms with Gasteiger partial charge in [0.05, 0.1) is 11.5 Å². The molecule has 1 atom stereocenters. The third kappa shape index (κ3) is 2.18. The monoisotopic (exact) mass is 166 g/mol. The number of thiol groups is 1. The third-order valence-electron chi connectivity index (χ3n) is 1.44. The van der Waals surface area contributed by atoms with Gasteiger partial charge in [0, 0.05) is 5.25 Å². The van der Waals surface area contributed by atoms with E-state index in [4.69, 9.17) is 0 Å². The Balaban J connectivity index is 2.62. The molecular formula is C5H10O2S2. The maximum atomic E-state index is 10.8. The molecule has 0 unspecified atom stereocenters. The summed E-state index contributed by atoms with van der Waals surface area (Å²) in [7, 11) is -2.71. The molecule has 0 aliphatic carbocycles. The van der Waals surface area contributed by atoms with E-state index in [1.807, 2.05) is 0 Å². The summed E-state index contributed by atoms with van der Waals surface area (Å²) >= 11 is 4.10. The van der Waals surface area contributed by atoms with Gasteiger partial charge in [-0.25, -0.2) is 8.42 Å². The van der Waals surface area contributed by atoms with Crippen molar-refractivity contribution in [3.05, 3.63) is 0 Å². The molecule has 54 valence electrons. The van der Waals surface area contributed by atoms with E-state index in [0.717, 1.165) is 12.8 Å². The largest absolute Gasteiger partial charge is 0.229 e. The van der Waals surface area contributed by atoms with Gasteiger partial charge in [0.15, 0.2) is 9.84 Å². The van der Waals surface area contributed by atoms with Crippen LogP contribution in [0.1, 0.15) is 12.8 Å². The first-order chi connectivity index (χ1) is 4.10. The highest BCUT2D eigenvalue weighted by molar-refractivity contribution is 7.92. The highest BCUT2D eigenvalue weighted by Gasteiger charge is 2.21. The van der Waals surface area contributed by atoms with Crippen molar-refractivity contribution in [1.82, 2.24) is 0 Å². The van der Waals surface area contributed by atoms with Crippen molar-refractivity contribution in [1.29, 1.82) is 0 Å². The molecule has 0 radical (unpaired) electrons. The topological polar surface area (TPSA) is 34.1 Å². The van der Waals surface area contributed by atoms with Crippen molar-refractivity contribution < 1.29 is 8.42 Å². The van der Waals surface area contributed by atoms with Crippen molar-refractivity contribution >= 4 is 22.5 Å². The molecule has 0 aromatic rings. The molecule has 9 heavy (non-hydrogen) atoms. The zero-order chi connectivity index (χ0) is 6.91. The van der Waals surface area contributed by atoms with E-state index in [1.165, 1.54) is 0 Å². The first-order valence-electron chi connectivity index (χ1n) is 2.99. The minimum absolute atomic E-state index is 0.0868. The molecule has 0 saturated carbocycles. The lowest BCUT2D eigenvalue weighted by atomic mass is 10.3. The van der Waals surface area contributed by atoms with E-state index < -0.39 is 9.84 Å². The van der Waals surface area contributed by atoms with Gasteiger partial charge < -0.3 is 0 Å². The fourth-order valence-corrected chi connectivity index (χ4v) is 3.39. The van der Waals surface area contributed by atoms with Crippen molar-refractivity contribution in [2.75, 3.05) is 11.5 Å². The summed E-state index contributed by atoms with van der Waals surface area (Å²) in [5.74, 6) is 0.639. The summed E-state index contributed by atoms with van der Waals surface area (Å²) < 4.78 is 21.6. The molecule has 0 spiro atoms. The Morgan fingerprint density at radius 3 is 2.44 bits per heavy atom. The second kappa shape index (κ2) is 2.50. The van der Waals surface area contributed by atoms with Crippen LogP contribution in [0.2, 0.25) is 0 Å². The molecule has 2 nitrogen and oxygen atoms in total. The summed E-state index contributed by atoms with van der Waals surface area (Å²) in [5.41, 5.74) is 0. The van der Waals surface area contributed by atoms with Crippen LogP contribution in [0.3, 0.4) is 0 Å². The van der Waals surface area contributed by atoms with Crippen molar-refractivity contribution in [2.24, 2.45) is 0 Å². The molecule has 1 saturated heterocycles. The summed E-state index contributed by atoms with van der Waals surface area (Å²) in [6, 6.07) is 0. The fourth-order valence-electron chi connectivity index (χ4n) is 0.999. The van der Waals surface area contributed by atoms with Gasteiger partial charge in [0.25, 0.3) is 0 Å². The maximum absolute atomic E-state index is 10.8. The number of hydrogen-bond acceptors (Lipinski definition) is 3. The van der Waals surface area contributed by atoms with Crippen LogP contribution in [0, 0.1) is 0 Å². The van der Waals surface area contributed by atoms with Gasteiger partial charge in [-0.2, -0.15) is 12.6 Å². The van der Waals surface area contributed by atoms with Gasteiger partial charge in [-0.15, -0.1) is 0 Å². The second-order valence-electron chi connectivity index (χ2n) is 2.41. The van der Waals surface area contributed by atoms with E-state index in [-0.39, 0.29) is 11.0 Å². The van der Waals surface area contributed by atoms with Crippen LogP contribution in [0.5, 0.6) is 0 Å². The number of hydrogen-bond donors (Lipinski definition) is 1. The number of sulfone groups is 1. The Morgan fingerprint density at radius 2 is 2.11 bits per heavy atom. The highest BCUT2D eigenvalue weighted by Crippen LogP contribution is 2.15. The van der Waals surface area contributed by atoms with Crippen LogP contribution < -0.4 is 0 Å². The molecular weight excluding hydrogens is 156 g/mol. The Labute approximate surface area is 61.0 Å². The van der Waals surface area contributed by atoms with Crippen LogP contribution in [0.25, 0.3) is 0 Å². The van der Waals surface area contributed by atoms with E-state index in [9.17, 15) is 8.42 Å². The van der Waals surface area contributed by atoms with Crippen LogP contribution in [0.15, 0.2) is 0 Å². The standard InChI is InChI=1S/C5H10O2S2/c6-9(7)3-1-2-5(8)4-9/h5,8H,1-4H2/t5-/m1/s1. The van der Waals surface area contributed by atoms with Gasteiger partial charge in [0.2, 0.25) is 0 Å². The Hall–Kier alpha value is 0.300. The molecule has 4 heteroatoms. The molecule has 1 rings (SSSR count). The lowest BCUT2D eigenvalue weighted by Gasteiger charge is -2.16. The molecule has 0 bridgehead atoms. The van der Waals surface area contributed by atoms with E-state index >= 15 is 0 Å². The SMILES string of the molecule is O=S1(=O)CCC[C@@H](S)C1. The predicted molar refractivity (Wildman–Crippen MR) is 40.7 cm³/mol. The van der Waals surface area contributed by atoms with E-state index in [2.05, 4.69) is 12.6 Å². The molecule has 1 aliphatic heterocycles. The first-order valence-corrected chi connectivity index (χ1v) is 5.32. The minimum atomic E-state index is -2.71. The molecule has 1 aliphatic rings. The van der Waals surface area contributed by atoms with E-state index in [1.54, 1.807) is 0 Å². The summed E-state index contributed by atoms with van der Waals surface area (Å²) in [5, 5.41) is 0.0868. The smallest absolute Gasteiger partial charge is 0.151 e. The molecule has 0 aromatic heterocycles. The first kappa shape index (κ1) is 7.41. The minimum Gasteiger partial charge on any atom is -0.229 e. The zero-order valence-electron chi connectivity index (χ0n) is 5.08. The van der Waals surface area contributed by atoms with Crippen LogP contribution >= 0.6 is 12.6 Å². The van der Waals surface area contributed by atoms with Crippen LogP contribution in [-0.4, -0.2) is 25.2 Å². The van der Waals surface area contributed by atoms with Crippen LogP contribution in [-0.2, 0) is 9.84 Å². The van der Waals surface area contributed by atoms with Gasteiger partial charge in [0.1, 0.15) is 0 Å². The summed E-state index contributed by atoms with van der Waals surface area (Å²) in [6.45, 7) is 0. The molecule has 1 heterocycles. The van der Waals surface area contributed by atoms with Crippen molar-refractivity contribution in [3.8, 4) is 0 Å². The van der Waals surface area contributed by atoms with Crippen LogP contribution in [0.4, 0.5) is 0 Å². The normalized spacial score (nSPS) is 34.1. The Kier molecular flexibility index (Phi) is 2.06. The number of rotatable bonds is 0. The molecule has 0 aromatic carbocycles. The average molecular weight is 166 g/mol. The molecule has 0 amide bonds. The lowest BCUT2D eigenvalue weighted by Crippen LogP contribution is -2.25. The maximum Gasteiger partial charge on any atom is 0.151 e. The van der Waals surface area contributed by atoms with Crippen molar-refractivity contribution in [2.45, 2.75) is 18.1 Å². The molecule has 0 N–H and O–H groups in total. The average Bonchev–Trinajstić information content (AvgIpc) is 1.60. The zero-order valence-corrected chi connectivity index (χ0v) is 6.79. The second-order valence-corrected chi connectivity index (χ2v) is 5.37. The van der Waals surface area contributed by atoms with Gasteiger partial charge >= 0.3 is 0 Å². The third-order valence-corrected chi connectivity index (χ3v) is 3.95. The lowest BCUT2D eigenvalue weighted by molar-refractivity contribution is 0.578. The quantitative estimate of drug-likeness (QED) is 0.532. The van der Waals surface area contributed by atoms with Gasteiger partial charge in [-0.1, -0.05) is 0 Å². The summed E-state index contributed by atoms with van der Waals surface area (Å²) in [6.07, 6.45) is 1.73. The molecule has 1 fully saturated rings. The highest BCUT2D eigenvalue weighted by atomic mass is 32.2. The van der Waals surface area contributed by atoms with Gasteiger partial charge in [-0.05, 0) is 12.8 Å². The Bertz CT molecular complexity index is 183. The fraction of sp³-hybridized carbons (Fsp3) is 1.00. The van der Waals surface area contributed by atoms with E-state index in [0.29, 0.717) is 5.75 Å². The van der Waals surface area contributed by atoms with Crippen molar-refractivity contribution in [3.63, 3.8) is 0 Å². The van der Waals surface area contributed by atoms with Gasteiger partial charge in [-0.3, -0.25) is 0 Å². The summed E-state index contributed by atoms with van der Waals surface area (Å²) in [4.78, 5) is 0. The Morgan fingerprint density at radius 1 is 1.44 bits per heavy atom.